The molecule has 0 aliphatic carbocycles. The summed E-state index contributed by atoms with van der Waals surface area (Å²) in [6.45, 7) is -0.0807. The molecule has 29 heavy (non-hydrogen) atoms. The van der Waals surface area contributed by atoms with Gasteiger partial charge in [-0.15, -0.1) is 0 Å². The molecule has 1 saturated heterocycles. The van der Waals surface area contributed by atoms with Gasteiger partial charge in [-0.3, -0.25) is 0 Å². The van der Waals surface area contributed by atoms with Crippen molar-refractivity contribution in [2.45, 2.75) is 23.9 Å². The zero-order valence-corrected chi connectivity index (χ0v) is 15.7. The summed E-state index contributed by atoms with van der Waals surface area (Å²) in [4.78, 5) is 11.6. The van der Waals surface area contributed by atoms with Crippen LogP contribution < -0.4 is 0 Å². The fourth-order valence-electron chi connectivity index (χ4n) is 3.74. The number of benzene rings is 3. The second-order valence-corrected chi connectivity index (χ2v) is 7.00. The molecule has 1 heterocycles. The standard InChI is InChI=1S/C24H22O5/c25-21-20(29-23(27)22(21)26)16-28-24(17-10-4-1-5-11-17,18-12-6-2-7-13-18)19-14-8-3-9-15-19/h1-15,20-22,25-26H,16H2/t20-,21?,22+/m1/s1. The van der Waals surface area contributed by atoms with E-state index >= 15 is 0 Å². The van der Waals surface area contributed by atoms with Crippen LogP contribution in [0.2, 0.25) is 0 Å². The largest absolute Gasteiger partial charge is 0.455 e. The maximum atomic E-state index is 11.6. The average molecular weight is 390 g/mol. The Morgan fingerprint density at radius 2 is 1.17 bits per heavy atom. The molecule has 1 aliphatic heterocycles. The summed E-state index contributed by atoms with van der Waals surface area (Å²) in [5, 5.41) is 19.9. The van der Waals surface area contributed by atoms with Crippen LogP contribution in [0.15, 0.2) is 91.0 Å². The van der Waals surface area contributed by atoms with Gasteiger partial charge in [0.25, 0.3) is 0 Å². The fraction of sp³-hybridized carbons (Fsp3) is 0.208. The highest BCUT2D eigenvalue weighted by molar-refractivity contribution is 5.77. The minimum atomic E-state index is -1.55. The number of carbonyl (C=O) groups is 1. The van der Waals surface area contributed by atoms with Crippen LogP contribution in [0.4, 0.5) is 0 Å². The zero-order valence-electron chi connectivity index (χ0n) is 15.7. The molecular formula is C24H22O5. The lowest BCUT2D eigenvalue weighted by molar-refractivity contribution is -0.150. The highest BCUT2D eigenvalue weighted by atomic mass is 16.6. The number of hydrogen-bond donors (Lipinski definition) is 2. The number of ether oxygens (including phenoxy) is 2. The second kappa shape index (κ2) is 8.17. The summed E-state index contributed by atoms with van der Waals surface area (Å²) in [5.41, 5.74) is 1.72. The van der Waals surface area contributed by atoms with Crippen molar-refractivity contribution in [2.24, 2.45) is 0 Å². The van der Waals surface area contributed by atoms with E-state index in [2.05, 4.69) is 0 Å². The number of aliphatic hydroxyl groups excluding tert-OH is 2. The van der Waals surface area contributed by atoms with E-state index in [0.29, 0.717) is 0 Å². The second-order valence-electron chi connectivity index (χ2n) is 7.00. The van der Waals surface area contributed by atoms with Crippen LogP contribution in [0.25, 0.3) is 0 Å². The van der Waals surface area contributed by atoms with Crippen molar-refractivity contribution in [3.8, 4) is 0 Å². The van der Waals surface area contributed by atoms with E-state index in [1.807, 2.05) is 91.0 Å². The first-order valence-corrected chi connectivity index (χ1v) is 9.50. The number of aliphatic hydroxyl groups is 2. The summed E-state index contributed by atoms with van der Waals surface area (Å²) in [5.74, 6) is -0.837. The smallest absolute Gasteiger partial charge is 0.338 e. The molecule has 0 spiro atoms. The Balaban J connectivity index is 1.81. The van der Waals surface area contributed by atoms with Crippen LogP contribution in [0, 0.1) is 0 Å². The summed E-state index contributed by atoms with van der Waals surface area (Å²) in [7, 11) is 0. The summed E-state index contributed by atoms with van der Waals surface area (Å²) in [6, 6.07) is 29.3. The molecule has 0 aromatic heterocycles. The van der Waals surface area contributed by atoms with Gasteiger partial charge < -0.3 is 19.7 Å². The monoisotopic (exact) mass is 390 g/mol. The highest BCUT2D eigenvalue weighted by Crippen LogP contribution is 2.40. The molecule has 148 valence electrons. The van der Waals surface area contributed by atoms with Gasteiger partial charge in [0, 0.05) is 0 Å². The Morgan fingerprint density at radius 3 is 1.52 bits per heavy atom. The molecule has 0 bridgehead atoms. The first-order chi connectivity index (χ1) is 14.1. The number of carbonyl (C=O) groups excluding carboxylic acids is 1. The number of esters is 1. The third-order valence-electron chi connectivity index (χ3n) is 5.22. The molecule has 0 saturated carbocycles. The molecule has 0 amide bonds. The number of hydrogen-bond acceptors (Lipinski definition) is 5. The van der Waals surface area contributed by atoms with Gasteiger partial charge in [-0.1, -0.05) is 91.0 Å². The molecule has 3 aromatic carbocycles. The third kappa shape index (κ3) is 3.56. The van der Waals surface area contributed by atoms with E-state index in [9.17, 15) is 15.0 Å². The lowest BCUT2D eigenvalue weighted by Gasteiger charge is -2.36. The van der Waals surface area contributed by atoms with Crippen LogP contribution in [0.5, 0.6) is 0 Å². The topological polar surface area (TPSA) is 76.0 Å². The lowest BCUT2D eigenvalue weighted by atomic mass is 9.80. The predicted octanol–water partition coefficient (Wildman–Crippen LogP) is 2.64. The third-order valence-corrected chi connectivity index (χ3v) is 5.22. The van der Waals surface area contributed by atoms with Crippen molar-refractivity contribution in [1.82, 2.24) is 0 Å². The number of cyclic esters (lactones) is 1. The Bertz CT molecular complexity index is 846. The lowest BCUT2D eigenvalue weighted by Crippen LogP contribution is -2.39. The summed E-state index contributed by atoms with van der Waals surface area (Å²) >= 11 is 0. The van der Waals surface area contributed by atoms with Crippen molar-refractivity contribution in [1.29, 1.82) is 0 Å². The first-order valence-electron chi connectivity index (χ1n) is 9.50. The summed E-state index contributed by atoms with van der Waals surface area (Å²) < 4.78 is 11.6. The van der Waals surface area contributed by atoms with Gasteiger partial charge in [0.05, 0.1) is 6.61 Å². The maximum absolute atomic E-state index is 11.6. The SMILES string of the molecule is O=C1O[C@H](COC(c2ccccc2)(c2ccccc2)c2ccccc2)C(O)[C@@H]1O. The van der Waals surface area contributed by atoms with Gasteiger partial charge in [0.1, 0.15) is 11.7 Å². The Morgan fingerprint density at radius 1 is 0.759 bits per heavy atom. The Kier molecular flexibility index (Phi) is 5.45. The van der Waals surface area contributed by atoms with Crippen molar-refractivity contribution < 1.29 is 24.5 Å². The van der Waals surface area contributed by atoms with Gasteiger partial charge >= 0.3 is 5.97 Å². The zero-order chi connectivity index (χ0) is 20.3. The van der Waals surface area contributed by atoms with Crippen molar-refractivity contribution in [3.05, 3.63) is 108 Å². The molecular weight excluding hydrogens is 368 g/mol. The van der Waals surface area contributed by atoms with E-state index in [0.717, 1.165) is 16.7 Å². The molecule has 1 aliphatic rings. The maximum Gasteiger partial charge on any atom is 0.338 e. The van der Waals surface area contributed by atoms with Crippen LogP contribution in [-0.2, 0) is 19.9 Å². The van der Waals surface area contributed by atoms with Gasteiger partial charge in [-0.05, 0) is 16.7 Å². The first kappa shape index (κ1) is 19.3. The van der Waals surface area contributed by atoms with Crippen LogP contribution in [-0.4, -0.2) is 41.1 Å². The fourth-order valence-corrected chi connectivity index (χ4v) is 3.74. The minimum absolute atomic E-state index is 0.0807. The molecule has 2 N–H and O–H groups in total. The molecule has 1 fully saturated rings. The molecule has 0 radical (unpaired) electrons. The van der Waals surface area contributed by atoms with Crippen LogP contribution in [0.1, 0.15) is 16.7 Å². The predicted molar refractivity (Wildman–Crippen MR) is 107 cm³/mol. The van der Waals surface area contributed by atoms with Crippen molar-refractivity contribution in [2.75, 3.05) is 6.61 Å². The van der Waals surface area contributed by atoms with E-state index in [1.54, 1.807) is 0 Å². The molecule has 1 unspecified atom stereocenters. The van der Waals surface area contributed by atoms with Crippen LogP contribution in [0.3, 0.4) is 0 Å². The average Bonchev–Trinajstić information content (AvgIpc) is 3.03. The Labute approximate surface area is 169 Å². The van der Waals surface area contributed by atoms with Gasteiger partial charge in [0.15, 0.2) is 12.2 Å². The van der Waals surface area contributed by atoms with Gasteiger partial charge in [0.2, 0.25) is 0 Å². The Hall–Kier alpha value is -2.99. The molecule has 3 atom stereocenters. The summed E-state index contributed by atoms with van der Waals surface area (Å²) in [6.07, 6.45) is -3.83. The van der Waals surface area contributed by atoms with E-state index < -0.39 is 29.9 Å². The highest BCUT2D eigenvalue weighted by Gasteiger charge is 2.45. The van der Waals surface area contributed by atoms with Crippen molar-refractivity contribution in [3.63, 3.8) is 0 Å². The van der Waals surface area contributed by atoms with E-state index in [-0.39, 0.29) is 6.61 Å². The quantitative estimate of drug-likeness (QED) is 0.500. The molecule has 5 nitrogen and oxygen atoms in total. The minimum Gasteiger partial charge on any atom is -0.455 e. The van der Waals surface area contributed by atoms with Crippen molar-refractivity contribution >= 4 is 5.97 Å². The normalized spacial score (nSPS) is 21.7. The van der Waals surface area contributed by atoms with Gasteiger partial charge in [-0.25, -0.2) is 4.79 Å². The molecule has 4 rings (SSSR count). The number of rotatable bonds is 6. The van der Waals surface area contributed by atoms with E-state index in [1.165, 1.54) is 0 Å². The van der Waals surface area contributed by atoms with E-state index in [4.69, 9.17) is 9.47 Å². The van der Waals surface area contributed by atoms with Crippen LogP contribution >= 0.6 is 0 Å². The molecule has 5 heteroatoms. The molecule has 3 aromatic rings. The van der Waals surface area contributed by atoms with Gasteiger partial charge in [-0.2, -0.15) is 0 Å².